The van der Waals surface area contributed by atoms with Gasteiger partial charge in [-0.1, -0.05) is 31.9 Å². The number of hydrogen-bond acceptors (Lipinski definition) is 4. The quantitative estimate of drug-likeness (QED) is 0.352. The molecule has 5 heteroatoms. The molecule has 3 aromatic rings. The summed E-state index contributed by atoms with van der Waals surface area (Å²) in [7, 11) is 0. The molecule has 0 atom stereocenters. The maximum atomic E-state index is 4.51. The van der Waals surface area contributed by atoms with Crippen LogP contribution in [0.3, 0.4) is 0 Å². The SMILES string of the molecule is C=C/C(=C\C(=C/C)c1ccc2[nH]nc(C(=C)Nc3cnccc3C)c2c1)NC(=C)C1CC1. The van der Waals surface area contributed by atoms with Gasteiger partial charge in [0.2, 0.25) is 0 Å². The number of anilines is 1. The lowest BCUT2D eigenvalue weighted by atomic mass is 10.0. The van der Waals surface area contributed by atoms with Crippen LogP contribution in [-0.4, -0.2) is 15.2 Å². The van der Waals surface area contributed by atoms with Crippen molar-refractivity contribution in [1.29, 1.82) is 0 Å². The minimum atomic E-state index is 0.583. The number of pyridine rings is 1. The van der Waals surface area contributed by atoms with E-state index >= 15 is 0 Å². The lowest BCUT2D eigenvalue weighted by molar-refractivity contribution is 0.865. The predicted molar refractivity (Wildman–Crippen MR) is 135 cm³/mol. The zero-order valence-electron chi connectivity index (χ0n) is 18.7. The van der Waals surface area contributed by atoms with E-state index in [1.54, 1.807) is 12.4 Å². The summed E-state index contributed by atoms with van der Waals surface area (Å²) < 4.78 is 0. The van der Waals surface area contributed by atoms with Crippen molar-refractivity contribution in [2.75, 3.05) is 5.32 Å². The van der Waals surface area contributed by atoms with Crippen molar-refractivity contribution >= 4 is 27.9 Å². The first-order chi connectivity index (χ1) is 15.5. The monoisotopic (exact) mass is 423 g/mol. The Morgan fingerprint density at radius 1 is 1.22 bits per heavy atom. The number of H-pyrrole nitrogens is 1. The molecule has 1 saturated carbocycles. The van der Waals surface area contributed by atoms with Gasteiger partial charge >= 0.3 is 0 Å². The molecule has 4 rings (SSSR count). The predicted octanol–water partition coefficient (Wildman–Crippen LogP) is 6.34. The van der Waals surface area contributed by atoms with E-state index in [-0.39, 0.29) is 0 Å². The molecule has 0 spiro atoms. The first-order valence-corrected chi connectivity index (χ1v) is 10.8. The van der Waals surface area contributed by atoms with E-state index in [2.05, 4.69) is 69.8 Å². The topological polar surface area (TPSA) is 65.6 Å². The van der Waals surface area contributed by atoms with Gasteiger partial charge in [-0.25, -0.2) is 0 Å². The molecule has 162 valence electrons. The summed E-state index contributed by atoms with van der Waals surface area (Å²) in [6.45, 7) is 16.4. The number of nitrogens with zero attached hydrogens (tertiary/aromatic N) is 2. The summed E-state index contributed by atoms with van der Waals surface area (Å²) in [5, 5.41) is 15.4. The maximum Gasteiger partial charge on any atom is 0.116 e. The van der Waals surface area contributed by atoms with Gasteiger partial charge in [-0.2, -0.15) is 5.10 Å². The van der Waals surface area contributed by atoms with Crippen molar-refractivity contribution in [1.82, 2.24) is 20.5 Å². The Bertz CT molecular complexity index is 1250. The Morgan fingerprint density at radius 3 is 2.72 bits per heavy atom. The van der Waals surface area contributed by atoms with Gasteiger partial charge < -0.3 is 10.6 Å². The highest BCUT2D eigenvalue weighted by Gasteiger charge is 2.24. The van der Waals surface area contributed by atoms with Crippen molar-refractivity contribution in [3.8, 4) is 0 Å². The molecule has 1 fully saturated rings. The second-order valence-electron chi connectivity index (χ2n) is 8.10. The minimum absolute atomic E-state index is 0.583. The molecule has 32 heavy (non-hydrogen) atoms. The number of allylic oxidation sites excluding steroid dienone is 5. The van der Waals surface area contributed by atoms with Crippen LogP contribution in [0.25, 0.3) is 22.2 Å². The number of aromatic nitrogens is 3. The average Bonchev–Trinajstić information content (AvgIpc) is 3.57. The van der Waals surface area contributed by atoms with Gasteiger partial charge in [0.25, 0.3) is 0 Å². The van der Waals surface area contributed by atoms with Gasteiger partial charge in [-0.05, 0) is 79.7 Å². The summed E-state index contributed by atoms with van der Waals surface area (Å²) in [5.41, 5.74) is 8.66. The first-order valence-electron chi connectivity index (χ1n) is 10.8. The van der Waals surface area contributed by atoms with Crippen LogP contribution in [0.15, 0.2) is 86.0 Å². The molecule has 1 aromatic carbocycles. The molecule has 0 unspecified atom stereocenters. The van der Waals surface area contributed by atoms with E-state index in [0.717, 1.165) is 56.1 Å². The van der Waals surface area contributed by atoms with E-state index < -0.39 is 0 Å². The molecule has 3 N–H and O–H groups in total. The molecule has 2 aromatic heterocycles. The molecular formula is C27H29N5. The van der Waals surface area contributed by atoms with Crippen molar-refractivity contribution in [2.24, 2.45) is 5.92 Å². The van der Waals surface area contributed by atoms with Crippen LogP contribution >= 0.6 is 0 Å². The molecule has 5 nitrogen and oxygen atoms in total. The number of aromatic amines is 1. The molecule has 1 aliphatic rings. The Kier molecular flexibility index (Phi) is 6.08. The standard InChI is InChI=1S/C27H29N5/c1-6-20(14-23(7-2)29-18(4)21-8-9-21)22-10-11-25-24(15-22)27(32-31-25)19(5)30-26-16-28-13-12-17(26)3/h6-7,10-16,21,29-30H,2,4-5,8-9H2,1,3H3,(H,31,32)/b20-6+,23-14+. The van der Waals surface area contributed by atoms with E-state index in [9.17, 15) is 0 Å². The van der Waals surface area contributed by atoms with Gasteiger partial charge in [-0.3, -0.25) is 10.1 Å². The van der Waals surface area contributed by atoms with Crippen LogP contribution in [0.5, 0.6) is 0 Å². The third kappa shape index (κ3) is 4.57. The Balaban J connectivity index is 1.62. The van der Waals surface area contributed by atoms with Crippen LogP contribution < -0.4 is 10.6 Å². The molecule has 0 saturated heterocycles. The molecule has 0 bridgehead atoms. The first kappa shape index (κ1) is 21.4. The third-order valence-corrected chi connectivity index (χ3v) is 5.72. The van der Waals surface area contributed by atoms with Gasteiger partial charge in [0.05, 0.1) is 23.1 Å². The van der Waals surface area contributed by atoms with Crippen LogP contribution in [-0.2, 0) is 0 Å². The van der Waals surface area contributed by atoms with Crippen LogP contribution in [0, 0.1) is 12.8 Å². The van der Waals surface area contributed by atoms with Crippen molar-refractivity contribution < 1.29 is 0 Å². The summed E-state index contributed by atoms with van der Waals surface area (Å²) in [5.74, 6) is 0.583. The van der Waals surface area contributed by atoms with Crippen molar-refractivity contribution in [3.63, 3.8) is 0 Å². The van der Waals surface area contributed by atoms with Crippen LogP contribution in [0.2, 0.25) is 0 Å². The lowest BCUT2D eigenvalue weighted by Crippen LogP contribution is -2.11. The van der Waals surface area contributed by atoms with Crippen molar-refractivity contribution in [3.05, 3.63) is 103 Å². The second kappa shape index (κ2) is 9.10. The van der Waals surface area contributed by atoms with Gasteiger partial charge in [-0.15, -0.1) is 0 Å². The third-order valence-electron chi connectivity index (χ3n) is 5.72. The summed E-state index contributed by atoms with van der Waals surface area (Å²) in [4.78, 5) is 4.20. The molecular weight excluding hydrogens is 394 g/mol. The number of rotatable bonds is 9. The zero-order valence-corrected chi connectivity index (χ0v) is 18.7. The van der Waals surface area contributed by atoms with E-state index in [4.69, 9.17) is 0 Å². The fourth-order valence-electron chi connectivity index (χ4n) is 3.61. The number of benzene rings is 1. The smallest absolute Gasteiger partial charge is 0.116 e. The molecule has 2 heterocycles. The Labute approximate surface area is 189 Å². The van der Waals surface area contributed by atoms with Crippen LogP contribution in [0.1, 0.15) is 36.6 Å². The number of nitrogens with one attached hydrogen (secondary N) is 3. The average molecular weight is 424 g/mol. The summed E-state index contributed by atoms with van der Waals surface area (Å²) >= 11 is 0. The van der Waals surface area contributed by atoms with Crippen molar-refractivity contribution in [2.45, 2.75) is 26.7 Å². The molecule has 0 amide bonds. The highest BCUT2D eigenvalue weighted by molar-refractivity contribution is 5.95. The Hall–Kier alpha value is -3.86. The van der Waals surface area contributed by atoms with Gasteiger partial charge in [0.1, 0.15) is 5.69 Å². The fourth-order valence-corrected chi connectivity index (χ4v) is 3.61. The number of aryl methyl sites for hydroxylation is 1. The van der Waals surface area contributed by atoms with Gasteiger partial charge in [0, 0.05) is 23.0 Å². The van der Waals surface area contributed by atoms with E-state index in [1.807, 2.05) is 32.1 Å². The summed E-state index contributed by atoms with van der Waals surface area (Å²) in [6.07, 6.45) is 12.0. The molecule has 0 aliphatic heterocycles. The normalized spacial score (nSPS) is 14.3. The lowest BCUT2D eigenvalue weighted by Gasteiger charge is -2.12. The molecule has 1 aliphatic carbocycles. The second-order valence-corrected chi connectivity index (χ2v) is 8.10. The van der Waals surface area contributed by atoms with Gasteiger partial charge in [0.15, 0.2) is 0 Å². The maximum absolute atomic E-state index is 4.51. The minimum Gasteiger partial charge on any atom is -0.359 e. The largest absolute Gasteiger partial charge is 0.359 e. The fraction of sp³-hybridized carbons (Fsp3) is 0.185. The molecule has 0 radical (unpaired) electrons. The van der Waals surface area contributed by atoms with Crippen LogP contribution in [0.4, 0.5) is 5.69 Å². The van der Waals surface area contributed by atoms with E-state index in [1.165, 1.54) is 12.8 Å². The summed E-state index contributed by atoms with van der Waals surface area (Å²) in [6, 6.07) is 8.24. The highest BCUT2D eigenvalue weighted by Crippen LogP contribution is 2.35. The van der Waals surface area contributed by atoms with E-state index in [0.29, 0.717) is 5.92 Å². The number of fused-ring (bicyclic) bond motifs is 1. The number of hydrogen-bond donors (Lipinski definition) is 3. The zero-order chi connectivity index (χ0) is 22.7. The Morgan fingerprint density at radius 2 is 2.03 bits per heavy atom. The highest BCUT2D eigenvalue weighted by atomic mass is 15.1.